The lowest BCUT2D eigenvalue weighted by Gasteiger charge is -2.13. The molecule has 0 saturated carbocycles. The van der Waals surface area contributed by atoms with Gasteiger partial charge in [0.15, 0.2) is 5.28 Å². The molecule has 0 saturated heterocycles. The van der Waals surface area contributed by atoms with Crippen molar-refractivity contribution in [2.45, 2.75) is 19.3 Å². The van der Waals surface area contributed by atoms with Crippen LogP contribution in [0.25, 0.3) is 0 Å². The van der Waals surface area contributed by atoms with Crippen LogP contribution in [0.3, 0.4) is 0 Å². The van der Waals surface area contributed by atoms with Gasteiger partial charge < -0.3 is 14.7 Å². The zero-order chi connectivity index (χ0) is 14.0. The van der Waals surface area contributed by atoms with Crippen LogP contribution in [0.1, 0.15) is 17.3 Å². The predicted octanol–water partition coefficient (Wildman–Crippen LogP) is 0.159. The molecular weight excluding hydrogens is 252 g/mol. The Labute approximate surface area is 109 Å². The normalized spacial score (nSPS) is 21.5. The second-order valence-electron chi connectivity index (χ2n) is 3.99. The van der Waals surface area contributed by atoms with Crippen molar-refractivity contribution in [1.82, 2.24) is 0 Å². The third-order valence-electron chi connectivity index (χ3n) is 2.73. The molecule has 1 aliphatic heterocycles. The predicted molar refractivity (Wildman–Crippen MR) is 59.5 cm³/mol. The minimum absolute atomic E-state index is 0.335. The number of esters is 1. The summed E-state index contributed by atoms with van der Waals surface area (Å²) in [4.78, 5) is 27.3. The van der Waals surface area contributed by atoms with Gasteiger partial charge in [0, 0.05) is 19.1 Å². The molecule has 1 aliphatic rings. The molecule has 1 aromatic rings. The summed E-state index contributed by atoms with van der Waals surface area (Å²) in [5, 5.41) is 15.0. The monoisotopic (exact) mass is 264 g/mol. The van der Waals surface area contributed by atoms with Gasteiger partial charge in [-0.05, 0) is 16.8 Å². The van der Waals surface area contributed by atoms with Gasteiger partial charge in [-0.1, -0.05) is 0 Å². The Hall–Kier alpha value is -2.28. The second-order valence-corrected chi connectivity index (χ2v) is 3.99. The van der Waals surface area contributed by atoms with Gasteiger partial charge in [0.25, 0.3) is 6.04 Å². The Morgan fingerprint density at radius 1 is 1.37 bits per heavy atom. The molecule has 1 aromatic carbocycles. The second kappa shape index (κ2) is 5.15. The van der Waals surface area contributed by atoms with Crippen LogP contribution < -0.4 is 5.11 Å². The summed E-state index contributed by atoms with van der Waals surface area (Å²) in [6.07, 6.45) is -1.54. The van der Waals surface area contributed by atoms with Crippen molar-refractivity contribution in [3.63, 3.8) is 0 Å². The third-order valence-corrected chi connectivity index (χ3v) is 2.73. The molecule has 1 heterocycles. The molecule has 7 nitrogen and oxygen atoms in total. The van der Waals surface area contributed by atoms with Gasteiger partial charge >= 0.3 is 5.97 Å². The van der Waals surface area contributed by atoms with E-state index in [1.165, 1.54) is 30.9 Å². The largest absolute Gasteiger partial charge is 0.814 e. The highest BCUT2D eigenvalue weighted by atomic mass is 16.7. The Morgan fingerprint density at radius 2 is 2.00 bits per heavy atom. The van der Waals surface area contributed by atoms with E-state index in [1.54, 1.807) is 12.1 Å². The fourth-order valence-electron chi connectivity index (χ4n) is 1.76. The Bertz CT molecular complexity index is 538. The first kappa shape index (κ1) is 13.2. The van der Waals surface area contributed by atoms with Gasteiger partial charge in [-0.15, -0.1) is 0 Å². The average Bonchev–Trinajstić information content (AvgIpc) is 2.80. The molecule has 19 heavy (non-hydrogen) atoms. The lowest BCUT2D eigenvalue weighted by atomic mass is 10.1. The van der Waals surface area contributed by atoms with Gasteiger partial charge in [0.1, 0.15) is 6.29 Å². The number of Topliss-reactive ketones (excluding diaryl/α,β-unsaturated/α-hetero) is 1. The smallest absolute Gasteiger partial charge is 0.337 e. The maximum absolute atomic E-state index is 11.5. The van der Waals surface area contributed by atoms with Crippen LogP contribution >= 0.6 is 0 Å². The van der Waals surface area contributed by atoms with E-state index in [0.29, 0.717) is 11.3 Å². The minimum atomic E-state index is -1.54. The van der Waals surface area contributed by atoms with Crippen LogP contribution in [0, 0.1) is 0 Å². The number of carbonyl (C=O) groups is 2. The van der Waals surface area contributed by atoms with E-state index in [2.05, 4.69) is 14.9 Å². The highest BCUT2D eigenvalue weighted by Gasteiger charge is 2.40. The fourth-order valence-corrected chi connectivity index (χ4v) is 1.76. The van der Waals surface area contributed by atoms with Gasteiger partial charge in [-0.25, -0.2) is 4.79 Å². The molecule has 0 radical (unpaired) electrons. The fraction of sp³-hybridized carbons (Fsp3) is 0.333. The summed E-state index contributed by atoms with van der Waals surface area (Å²) in [5.74, 6) is -0.802. The highest BCUT2D eigenvalue weighted by molar-refractivity contribution is 5.89. The summed E-state index contributed by atoms with van der Waals surface area (Å²) < 4.78 is 5.78. The molecule has 2 atom stereocenters. The highest BCUT2D eigenvalue weighted by Crippen LogP contribution is 2.22. The van der Waals surface area contributed by atoms with Crippen molar-refractivity contribution in [1.29, 1.82) is 0 Å². The summed E-state index contributed by atoms with van der Waals surface area (Å²) in [6, 6.07) is 5.17. The van der Waals surface area contributed by atoms with Crippen molar-refractivity contribution in [3.8, 4) is 0 Å². The molecule has 7 heteroatoms. The molecule has 0 fully saturated rings. The lowest BCUT2D eigenvalue weighted by Crippen LogP contribution is -2.44. The van der Waals surface area contributed by atoms with Crippen LogP contribution in [-0.2, 0) is 14.4 Å². The van der Waals surface area contributed by atoms with E-state index >= 15 is 0 Å². The summed E-state index contributed by atoms with van der Waals surface area (Å²) in [5.41, 5.74) is 0.857. The van der Waals surface area contributed by atoms with Crippen molar-refractivity contribution < 1.29 is 29.0 Å². The molecule has 2 rings (SSSR count). The summed E-state index contributed by atoms with van der Waals surface area (Å²) in [6.45, 7) is 1.30. The number of hydrogen-bond donors (Lipinski definition) is 0. The number of methoxy groups -OCH3 is 1. The zero-order valence-electron chi connectivity index (χ0n) is 10.4. The van der Waals surface area contributed by atoms with Crippen molar-refractivity contribution in [3.05, 3.63) is 29.8 Å². The van der Waals surface area contributed by atoms with Crippen molar-refractivity contribution in [2.24, 2.45) is 5.28 Å². The van der Waals surface area contributed by atoms with Crippen LogP contribution in [0.4, 0.5) is 5.69 Å². The standard InChI is InChI=1S/C12H12N2O5/c1-7(15)10-12(17)19-13-14(10)9-5-3-8(4-6-9)11(16)18-2/h3-6,10,12H,1-2H3. The maximum Gasteiger partial charge on any atom is 0.337 e. The van der Waals surface area contributed by atoms with Gasteiger partial charge in [-0.2, -0.15) is 0 Å². The average molecular weight is 264 g/mol. The first-order valence-corrected chi connectivity index (χ1v) is 5.55. The zero-order valence-corrected chi connectivity index (χ0v) is 10.4. The Balaban J connectivity index is 2.28. The number of benzene rings is 1. The number of ketones is 1. The van der Waals surface area contributed by atoms with Crippen molar-refractivity contribution in [2.75, 3.05) is 7.11 Å². The van der Waals surface area contributed by atoms with E-state index in [1.807, 2.05) is 0 Å². The number of hydrogen-bond acceptors (Lipinski definition) is 6. The summed E-state index contributed by atoms with van der Waals surface area (Å²) >= 11 is 0. The number of rotatable bonds is 3. The third kappa shape index (κ3) is 2.45. The molecule has 0 bridgehead atoms. The quantitative estimate of drug-likeness (QED) is 0.572. The van der Waals surface area contributed by atoms with Crippen LogP contribution in [0.2, 0.25) is 0 Å². The maximum atomic E-state index is 11.5. The van der Waals surface area contributed by atoms with E-state index in [-0.39, 0.29) is 5.78 Å². The number of carbonyl (C=O) groups excluding carboxylic acids is 2. The number of nitrogens with zero attached hydrogens (tertiary/aromatic N) is 2. The molecule has 0 spiro atoms. The van der Waals surface area contributed by atoms with E-state index in [9.17, 15) is 14.7 Å². The molecular formula is C12H12N2O5. The first-order chi connectivity index (χ1) is 9.04. The first-order valence-electron chi connectivity index (χ1n) is 5.55. The van der Waals surface area contributed by atoms with Crippen LogP contribution in [0.15, 0.2) is 29.5 Å². The van der Waals surface area contributed by atoms with E-state index in [4.69, 9.17) is 0 Å². The molecule has 0 aliphatic carbocycles. The van der Waals surface area contributed by atoms with Gasteiger partial charge in [0.05, 0.1) is 12.7 Å². The lowest BCUT2D eigenvalue weighted by molar-refractivity contribution is -0.561. The molecule has 0 amide bonds. The van der Waals surface area contributed by atoms with Crippen LogP contribution in [0.5, 0.6) is 0 Å². The Morgan fingerprint density at radius 3 is 2.53 bits per heavy atom. The van der Waals surface area contributed by atoms with Crippen LogP contribution in [-0.4, -0.2) is 35.9 Å². The SMILES string of the molecule is COC(=O)c1ccc([N+]2=NOC([O-])C2C(C)=O)cc1. The summed E-state index contributed by atoms with van der Waals surface area (Å²) in [7, 11) is 1.29. The van der Waals surface area contributed by atoms with Crippen molar-refractivity contribution >= 4 is 17.4 Å². The Kier molecular flexibility index (Phi) is 3.57. The molecule has 2 unspecified atom stereocenters. The molecule has 100 valence electrons. The van der Waals surface area contributed by atoms with Gasteiger partial charge in [0.2, 0.25) is 11.5 Å². The minimum Gasteiger partial charge on any atom is -0.814 e. The van der Waals surface area contributed by atoms with E-state index < -0.39 is 18.3 Å². The molecule has 0 N–H and O–H groups in total. The number of ether oxygens (including phenoxy) is 1. The molecule has 0 aromatic heterocycles. The topological polar surface area (TPSA) is 91.0 Å². The van der Waals surface area contributed by atoms with Gasteiger partial charge in [-0.3, -0.25) is 4.79 Å². The van der Waals surface area contributed by atoms with E-state index in [0.717, 1.165) is 0 Å².